The molecule has 1 aromatic carbocycles. The summed E-state index contributed by atoms with van der Waals surface area (Å²) in [6, 6.07) is 5.65. The molecule has 0 bridgehead atoms. The summed E-state index contributed by atoms with van der Waals surface area (Å²) in [5.41, 5.74) is -4.48. The van der Waals surface area contributed by atoms with Crippen LogP contribution in [0.1, 0.15) is 43.6 Å². The molecule has 0 saturated heterocycles. The Morgan fingerprint density at radius 2 is 1.73 bits per heavy atom. The third-order valence-corrected chi connectivity index (χ3v) is 6.48. The predicted molar refractivity (Wildman–Crippen MR) is 85.8 cm³/mol. The Bertz CT molecular complexity index is 778. The van der Waals surface area contributed by atoms with Gasteiger partial charge in [0, 0.05) is 0 Å². The van der Waals surface area contributed by atoms with Gasteiger partial charge >= 0.3 is 21.6 Å². The fraction of sp³-hybridized carbons (Fsp3) is 0.588. The van der Waals surface area contributed by atoms with Crippen molar-refractivity contribution in [2.24, 2.45) is 11.3 Å². The fourth-order valence-electron chi connectivity index (χ4n) is 3.87. The molecule has 0 amide bonds. The molecule has 1 atom stereocenters. The van der Waals surface area contributed by atoms with Crippen LogP contribution >= 0.6 is 0 Å². The number of halogens is 3. The van der Waals surface area contributed by atoms with E-state index in [1.807, 2.05) is 0 Å². The first kappa shape index (κ1) is 19.0. The van der Waals surface area contributed by atoms with Crippen molar-refractivity contribution >= 4 is 16.1 Å². The van der Waals surface area contributed by atoms with Crippen molar-refractivity contribution in [2.75, 3.05) is 7.11 Å². The minimum Gasteiger partial charge on any atom is -0.469 e. The molecule has 0 aromatic heterocycles. The van der Waals surface area contributed by atoms with E-state index in [2.05, 4.69) is 4.18 Å². The fourth-order valence-corrected chi connectivity index (χ4v) is 4.33. The molecule has 2 saturated carbocycles. The van der Waals surface area contributed by atoms with Crippen LogP contribution in [0.3, 0.4) is 0 Å². The van der Waals surface area contributed by atoms with E-state index in [0.29, 0.717) is 0 Å². The van der Waals surface area contributed by atoms with Crippen molar-refractivity contribution in [3.63, 3.8) is 0 Å². The summed E-state index contributed by atoms with van der Waals surface area (Å²) in [5.74, 6) is -0.313. The predicted octanol–water partition coefficient (Wildman–Crippen LogP) is 3.75. The summed E-state index contributed by atoms with van der Waals surface area (Å²) in [5, 5.41) is 0. The average molecular weight is 392 g/mol. The van der Waals surface area contributed by atoms with Crippen molar-refractivity contribution in [2.45, 2.75) is 43.5 Å². The SMILES string of the molecule is COC(=O)C1CC12CCC(c1ccc(OS(=O)(=O)C(F)(F)F)cc1)CC2. The summed E-state index contributed by atoms with van der Waals surface area (Å²) in [6.07, 6.45) is 4.40. The molecule has 0 radical (unpaired) electrons. The molecule has 1 spiro atoms. The minimum atomic E-state index is -5.66. The second-order valence-corrected chi connectivity index (χ2v) is 8.51. The van der Waals surface area contributed by atoms with E-state index in [1.165, 1.54) is 19.2 Å². The Balaban J connectivity index is 1.60. The molecular weight excluding hydrogens is 373 g/mol. The van der Waals surface area contributed by atoms with Crippen LogP contribution in [0.15, 0.2) is 24.3 Å². The maximum absolute atomic E-state index is 12.3. The highest BCUT2D eigenvalue weighted by molar-refractivity contribution is 7.88. The smallest absolute Gasteiger partial charge is 0.469 e. The van der Waals surface area contributed by atoms with Gasteiger partial charge < -0.3 is 8.92 Å². The molecule has 26 heavy (non-hydrogen) atoms. The highest BCUT2D eigenvalue weighted by Crippen LogP contribution is 2.63. The largest absolute Gasteiger partial charge is 0.534 e. The van der Waals surface area contributed by atoms with Gasteiger partial charge in [-0.05, 0) is 61.1 Å². The highest BCUT2D eigenvalue weighted by atomic mass is 32.2. The molecule has 0 aliphatic heterocycles. The zero-order valence-corrected chi connectivity index (χ0v) is 14.9. The first-order valence-corrected chi connectivity index (χ1v) is 9.67. The van der Waals surface area contributed by atoms with Crippen LogP contribution in [0.2, 0.25) is 0 Å². The first-order valence-electron chi connectivity index (χ1n) is 8.26. The molecule has 2 aliphatic carbocycles. The molecule has 2 fully saturated rings. The maximum atomic E-state index is 12.3. The van der Waals surface area contributed by atoms with Gasteiger partial charge in [0.1, 0.15) is 5.75 Å². The van der Waals surface area contributed by atoms with Crippen LogP contribution in [0.5, 0.6) is 5.75 Å². The van der Waals surface area contributed by atoms with Gasteiger partial charge in [-0.2, -0.15) is 21.6 Å². The van der Waals surface area contributed by atoms with Gasteiger partial charge in [-0.25, -0.2) is 0 Å². The molecule has 3 rings (SSSR count). The summed E-state index contributed by atoms with van der Waals surface area (Å²) in [6.45, 7) is 0. The molecule has 1 unspecified atom stereocenters. The zero-order chi connectivity index (χ0) is 19.2. The minimum absolute atomic E-state index is 0.0169. The number of hydrogen-bond acceptors (Lipinski definition) is 5. The Morgan fingerprint density at radius 1 is 1.15 bits per heavy atom. The quantitative estimate of drug-likeness (QED) is 0.443. The summed E-state index contributed by atoms with van der Waals surface area (Å²) >= 11 is 0. The van der Waals surface area contributed by atoms with Crippen molar-refractivity contribution in [1.29, 1.82) is 0 Å². The van der Waals surface area contributed by atoms with E-state index in [1.54, 1.807) is 12.1 Å². The number of methoxy groups -OCH3 is 1. The number of benzene rings is 1. The third-order valence-electron chi connectivity index (χ3n) is 5.50. The van der Waals surface area contributed by atoms with E-state index >= 15 is 0 Å². The lowest BCUT2D eigenvalue weighted by Crippen LogP contribution is -2.28. The van der Waals surface area contributed by atoms with E-state index < -0.39 is 15.6 Å². The van der Waals surface area contributed by atoms with Crippen LogP contribution in [0.4, 0.5) is 13.2 Å². The maximum Gasteiger partial charge on any atom is 0.534 e. The van der Waals surface area contributed by atoms with Gasteiger partial charge in [0.25, 0.3) is 0 Å². The number of rotatable bonds is 4. The Morgan fingerprint density at radius 3 is 2.23 bits per heavy atom. The third kappa shape index (κ3) is 3.54. The van der Waals surface area contributed by atoms with Gasteiger partial charge in [-0.3, -0.25) is 4.79 Å². The lowest BCUT2D eigenvalue weighted by atomic mass is 9.76. The summed E-state index contributed by atoms with van der Waals surface area (Å²) < 4.78 is 67.9. The van der Waals surface area contributed by atoms with Gasteiger partial charge in [-0.15, -0.1) is 0 Å². The second-order valence-electron chi connectivity index (χ2n) is 6.97. The molecule has 144 valence electrons. The zero-order valence-electron chi connectivity index (χ0n) is 14.1. The number of carbonyl (C=O) groups excluding carboxylic acids is 1. The lowest BCUT2D eigenvalue weighted by molar-refractivity contribution is -0.143. The van der Waals surface area contributed by atoms with Gasteiger partial charge in [0.05, 0.1) is 13.0 Å². The van der Waals surface area contributed by atoms with Crippen molar-refractivity contribution in [3.8, 4) is 5.75 Å². The molecule has 0 heterocycles. The highest BCUT2D eigenvalue weighted by Gasteiger charge is 2.59. The Labute approximate surface area is 149 Å². The normalized spacial score (nSPS) is 28.6. The number of alkyl halides is 3. The molecule has 0 N–H and O–H groups in total. The van der Waals surface area contributed by atoms with Gasteiger partial charge in [0.15, 0.2) is 0 Å². The number of esters is 1. The number of carbonyl (C=O) groups is 1. The molecule has 9 heteroatoms. The van der Waals surface area contributed by atoms with E-state index in [-0.39, 0.29) is 29.0 Å². The topological polar surface area (TPSA) is 69.7 Å². The van der Waals surface area contributed by atoms with E-state index in [4.69, 9.17) is 4.74 Å². The van der Waals surface area contributed by atoms with Crippen LogP contribution in [0, 0.1) is 11.3 Å². The summed E-state index contributed by atoms with van der Waals surface area (Å²) in [7, 11) is -4.26. The number of ether oxygens (including phenoxy) is 1. The standard InChI is InChI=1S/C17H19F3O5S/c1-24-15(21)14-10-16(14)8-6-12(7-9-16)11-2-4-13(5-3-11)25-26(22,23)17(18,19)20/h2-5,12,14H,6-10H2,1H3. The van der Waals surface area contributed by atoms with E-state index in [9.17, 15) is 26.4 Å². The lowest BCUT2D eigenvalue weighted by Gasteiger charge is -2.29. The van der Waals surface area contributed by atoms with Crippen LogP contribution in [-0.4, -0.2) is 27.0 Å². The van der Waals surface area contributed by atoms with Gasteiger partial charge in [-0.1, -0.05) is 12.1 Å². The van der Waals surface area contributed by atoms with Crippen molar-refractivity contribution < 1.29 is 35.3 Å². The van der Waals surface area contributed by atoms with E-state index in [0.717, 1.165) is 37.7 Å². The van der Waals surface area contributed by atoms with Crippen LogP contribution in [-0.2, 0) is 19.6 Å². The van der Waals surface area contributed by atoms with Crippen molar-refractivity contribution in [3.05, 3.63) is 29.8 Å². The number of hydrogen-bond donors (Lipinski definition) is 0. The Hall–Kier alpha value is -1.77. The molecular formula is C17H19F3O5S. The van der Waals surface area contributed by atoms with Crippen LogP contribution in [0.25, 0.3) is 0 Å². The molecule has 2 aliphatic rings. The Kier molecular flexibility index (Phi) is 4.71. The van der Waals surface area contributed by atoms with Gasteiger partial charge in [0.2, 0.25) is 0 Å². The average Bonchev–Trinajstić information content (AvgIpc) is 3.28. The monoisotopic (exact) mass is 392 g/mol. The summed E-state index contributed by atoms with van der Waals surface area (Å²) in [4.78, 5) is 11.7. The van der Waals surface area contributed by atoms with Crippen LogP contribution < -0.4 is 4.18 Å². The second kappa shape index (κ2) is 6.44. The first-order chi connectivity index (χ1) is 12.1. The molecule has 1 aromatic rings. The van der Waals surface area contributed by atoms with Crippen molar-refractivity contribution in [1.82, 2.24) is 0 Å². The molecule has 5 nitrogen and oxygen atoms in total.